The zero-order valence-corrected chi connectivity index (χ0v) is 14.6. The van der Waals surface area contributed by atoms with Gasteiger partial charge in [-0.3, -0.25) is 9.20 Å². The van der Waals surface area contributed by atoms with Crippen LogP contribution in [-0.2, 0) is 11.3 Å². The number of hydrogen-bond donors (Lipinski definition) is 1. The number of benzene rings is 1. The van der Waals surface area contributed by atoms with Gasteiger partial charge in [0.2, 0.25) is 5.91 Å². The fraction of sp³-hybridized carbons (Fsp3) is 0.235. The molecule has 0 unspecified atom stereocenters. The smallest absolute Gasteiger partial charge is 0.220 e. The van der Waals surface area contributed by atoms with E-state index in [0.717, 1.165) is 15.9 Å². The van der Waals surface area contributed by atoms with E-state index in [1.54, 1.807) is 0 Å². The van der Waals surface area contributed by atoms with Crippen LogP contribution in [0.5, 0.6) is 5.75 Å². The van der Waals surface area contributed by atoms with E-state index in [9.17, 15) is 4.79 Å². The normalized spacial score (nSPS) is 10.7. The Morgan fingerprint density at radius 3 is 2.83 bits per heavy atom. The Hall–Kier alpha value is -2.41. The second-order valence-corrected chi connectivity index (χ2v) is 6.14. The Morgan fingerprint density at radius 2 is 2.00 bits per heavy atom. The first-order valence-corrected chi connectivity index (χ1v) is 8.45. The highest BCUT2D eigenvalue weighted by Gasteiger charge is 2.07. The van der Waals surface area contributed by atoms with Crippen molar-refractivity contribution in [2.45, 2.75) is 19.4 Å². The second kappa shape index (κ2) is 7.92. The first-order valence-electron chi connectivity index (χ1n) is 7.66. The molecule has 3 aromatic rings. The van der Waals surface area contributed by atoms with Gasteiger partial charge in [0.15, 0.2) is 11.5 Å². The monoisotopic (exact) mass is 388 g/mol. The fourth-order valence-corrected chi connectivity index (χ4v) is 2.50. The van der Waals surface area contributed by atoms with E-state index in [2.05, 4.69) is 31.4 Å². The molecule has 24 heavy (non-hydrogen) atoms. The maximum absolute atomic E-state index is 11.9. The topological polar surface area (TPSA) is 68.5 Å². The number of aromatic nitrogens is 3. The number of rotatable bonds is 7. The molecule has 3 rings (SSSR count). The predicted molar refractivity (Wildman–Crippen MR) is 93.7 cm³/mol. The van der Waals surface area contributed by atoms with Crippen LogP contribution in [0.25, 0.3) is 5.65 Å². The van der Waals surface area contributed by atoms with Crippen LogP contribution in [0.4, 0.5) is 0 Å². The van der Waals surface area contributed by atoms with Gasteiger partial charge < -0.3 is 10.1 Å². The van der Waals surface area contributed by atoms with Crippen molar-refractivity contribution in [2.24, 2.45) is 0 Å². The minimum Gasteiger partial charge on any atom is -0.494 e. The number of carbonyl (C=O) groups is 1. The number of carbonyl (C=O) groups excluding carboxylic acids is 1. The van der Waals surface area contributed by atoms with E-state index in [4.69, 9.17) is 4.74 Å². The molecule has 0 spiro atoms. The van der Waals surface area contributed by atoms with Crippen LogP contribution < -0.4 is 10.1 Å². The zero-order valence-electron chi connectivity index (χ0n) is 13.0. The fourth-order valence-electron chi connectivity index (χ4n) is 2.23. The van der Waals surface area contributed by atoms with Crippen molar-refractivity contribution in [3.05, 3.63) is 59.0 Å². The highest BCUT2D eigenvalue weighted by Crippen LogP contribution is 2.16. The van der Waals surface area contributed by atoms with Crippen LogP contribution in [-0.4, -0.2) is 27.1 Å². The van der Waals surface area contributed by atoms with Gasteiger partial charge in [0.25, 0.3) is 0 Å². The summed E-state index contributed by atoms with van der Waals surface area (Å²) < 4.78 is 8.46. The molecule has 1 amide bonds. The van der Waals surface area contributed by atoms with Crippen molar-refractivity contribution >= 4 is 27.5 Å². The molecule has 0 saturated carbocycles. The van der Waals surface area contributed by atoms with Crippen molar-refractivity contribution in [2.75, 3.05) is 6.61 Å². The van der Waals surface area contributed by atoms with Gasteiger partial charge in [0.05, 0.1) is 13.2 Å². The van der Waals surface area contributed by atoms with Crippen LogP contribution in [0.3, 0.4) is 0 Å². The SMILES string of the molecule is O=C(CCCOc1ccc(Br)cc1)NCc1nnc2ccccn12. The highest BCUT2D eigenvalue weighted by atomic mass is 79.9. The number of halogens is 1. The quantitative estimate of drug-likeness (QED) is 0.631. The molecule has 2 heterocycles. The lowest BCUT2D eigenvalue weighted by atomic mass is 10.3. The van der Waals surface area contributed by atoms with Crippen molar-refractivity contribution in [1.82, 2.24) is 19.9 Å². The van der Waals surface area contributed by atoms with Gasteiger partial charge >= 0.3 is 0 Å². The number of amides is 1. The number of hydrogen-bond acceptors (Lipinski definition) is 4. The Kier molecular flexibility index (Phi) is 5.43. The van der Waals surface area contributed by atoms with Gasteiger partial charge in [-0.05, 0) is 42.8 Å². The molecule has 124 valence electrons. The maximum Gasteiger partial charge on any atom is 0.220 e. The molecule has 1 aromatic carbocycles. The van der Waals surface area contributed by atoms with E-state index < -0.39 is 0 Å². The van der Waals surface area contributed by atoms with Gasteiger partial charge in [0, 0.05) is 17.1 Å². The number of ether oxygens (including phenoxy) is 1. The van der Waals surface area contributed by atoms with Crippen LogP contribution in [0, 0.1) is 0 Å². The zero-order chi connectivity index (χ0) is 16.8. The summed E-state index contributed by atoms with van der Waals surface area (Å²) in [6.07, 6.45) is 2.94. The van der Waals surface area contributed by atoms with Gasteiger partial charge in [-0.1, -0.05) is 22.0 Å². The number of nitrogens with zero attached hydrogens (tertiary/aromatic N) is 3. The molecule has 0 radical (unpaired) electrons. The number of pyridine rings is 1. The highest BCUT2D eigenvalue weighted by molar-refractivity contribution is 9.10. The molecule has 0 bridgehead atoms. The average molecular weight is 389 g/mol. The standard InChI is InChI=1S/C17H17BrN4O2/c18-13-6-8-14(9-7-13)24-11-3-5-17(23)19-12-16-21-20-15-4-1-2-10-22(15)16/h1-2,4,6-10H,3,5,11-12H2,(H,19,23). The largest absolute Gasteiger partial charge is 0.494 e. The molecule has 0 saturated heterocycles. The molecule has 2 aromatic heterocycles. The predicted octanol–water partition coefficient (Wildman–Crippen LogP) is 2.97. The van der Waals surface area contributed by atoms with E-state index in [0.29, 0.717) is 31.8 Å². The van der Waals surface area contributed by atoms with Crippen LogP contribution >= 0.6 is 15.9 Å². The molecule has 1 N–H and O–H groups in total. The summed E-state index contributed by atoms with van der Waals surface area (Å²) in [5.74, 6) is 1.49. The first kappa shape index (κ1) is 16.4. The molecule has 0 fully saturated rings. The summed E-state index contributed by atoms with van der Waals surface area (Å²) in [7, 11) is 0. The summed E-state index contributed by atoms with van der Waals surface area (Å²) in [5, 5.41) is 11.0. The average Bonchev–Trinajstić information content (AvgIpc) is 3.02. The summed E-state index contributed by atoms with van der Waals surface area (Å²) in [5.41, 5.74) is 0.768. The third-order valence-electron chi connectivity index (χ3n) is 3.46. The third kappa shape index (κ3) is 4.32. The lowest BCUT2D eigenvalue weighted by molar-refractivity contribution is -0.121. The Bertz CT molecular complexity index is 817. The van der Waals surface area contributed by atoms with Crippen molar-refractivity contribution in [1.29, 1.82) is 0 Å². The van der Waals surface area contributed by atoms with Gasteiger partial charge in [-0.25, -0.2) is 0 Å². The molecular weight excluding hydrogens is 372 g/mol. The lowest BCUT2D eigenvalue weighted by Crippen LogP contribution is -2.24. The van der Waals surface area contributed by atoms with Crippen molar-refractivity contribution in [3.63, 3.8) is 0 Å². The van der Waals surface area contributed by atoms with Crippen molar-refractivity contribution in [3.8, 4) is 5.75 Å². The van der Waals surface area contributed by atoms with E-state index in [1.807, 2.05) is 53.1 Å². The van der Waals surface area contributed by atoms with Crippen LogP contribution in [0.15, 0.2) is 53.1 Å². The molecule has 0 aliphatic heterocycles. The Balaban J connectivity index is 1.39. The summed E-state index contributed by atoms with van der Waals surface area (Å²) in [6.45, 7) is 0.862. The van der Waals surface area contributed by atoms with Gasteiger partial charge in [-0.2, -0.15) is 0 Å². The summed E-state index contributed by atoms with van der Waals surface area (Å²) in [6, 6.07) is 13.3. The number of fused-ring (bicyclic) bond motifs is 1. The van der Waals surface area contributed by atoms with E-state index in [-0.39, 0.29) is 5.91 Å². The van der Waals surface area contributed by atoms with E-state index in [1.165, 1.54) is 0 Å². The molecular formula is C17H17BrN4O2. The third-order valence-corrected chi connectivity index (χ3v) is 3.99. The van der Waals surface area contributed by atoms with Gasteiger partial charge in [0.1, 0.15) is 5.75 Å². The van der Waals surface area contributed by atoms with Crippen LogP contribution in [0.1, 0.15) is 18.7 Å². The summed E-state index contributed by atoms with van der Waals surface area (Å²) in [4.78, 5) is 11.9. The second-order valence-electron chi connectivity index (χ2n) is 5.23. The van der Waals surface area contributed by atoms with E-state index >= 15 is 0 Å². The van der Waals surface area contributed by atoms with Crippen molar-refractivity contribution < 1.29 is 9.53 Å². The van der Waals surface area contributed by atoms with Gasteiger partial charge in [-0.15, -0.1) is 10.2 Å². The Morgan fingerprint density at radius 1 is 1.17 bits per heavy atom. The maximum atomic E-state index is 11.9. The van der Waals surface area contributed by atoms with Crippen LogP contribution in [0.2, 0.25) is 0 Å². The molecule has 6 nitrogen and oxygen atoms in total. The first-order chi connectivity index (χ1) is 11.7. The minimum absolute atomic E-state index is 0.0258. The Labute approximate surface area is 148 Å². The summed E-state index contributed by atoms with van der Waals surface area (Å²) >= 11 is 3.38. The lowest BCUT2D eigenvalue weighted by Gasteiger charge is -2.07. The minimum atomic E-state index is -0.0258. The molecule has 0 atom stereocenters. The molecule has 0 aliphatic rings. The molecule has 0 aliphatic carbocycles. The molecule has 7 heteroatoms. The number of nitrogens with one attached hydrogen (secondary N) is 1.